The van der Waals surface area contributed by atoms with Crippen LogP contribution in [0.25, 0.3) is 0 Å². The van der Waals surface area contributed by atoms with Gasteiger partial charge in [0, 0.05) is 12.1 Å². The molecule has 0 aliphatic rings. The molecule has 17 heavy (non-hydrogen) atoms. The number of rotatable bonds is 7. The van der Waals surface area contributed by atoms with E-state index in [4.69, 9.17) is 4.74 Å². The Labute approximate surface area is 105 Å². The minimum Gasteiger partial charge on any atom is -0.493 e. The van der Waals surface area contributed by atoms with Gasteiger partial charge in [0.05, 0.1) is 6.61 Å². The van der Waals surface area contributed by atoms with Crippen molar-refractivity contribution in [2.24, 2.45) is 5.92 Å². The highest BCUT2D eigenvalue weighted by Gasteiger charge is 2.04. The van der Waals surface area contributed by atoms with Gasteiger partial charge in [-0.25, -0.2) is 0 Å². The lowest BCUT2D eigenvalue weighted by molar-refractivity contribution is 0.268. The van der Waals surface area contributed by atoms with E-state index in [1.165, 1.54) is 11.1 Å². The average Bonchev–Trinajstić information content (AvgIpc) is 2.28. The van der Waals surface area contributed by atoms with Crippen molar-refractivity contribution in [3.63, 3.8) is 0 Å². The summed E-state index contributed by atoms with van der Waals surface area (Å²) in [6, 6.07) is 6.40. The largest absolute Gasteiger partial charge is 0.493 e. The van der Waals surface area contributed by atoms with Crippen molar-refractivity contribution < 1.29 is 4.74 Å². The summed E-state index contributed by atoms with van der Waals surface area (Å²) in [7, 11) is 0. The maximum atomic E-state index is 5.84. The second-order valence-electron chi connectivity index (χ2n) is 4.99. The molecule has 0 heterocycles. The predicted molar refractivity (Wildman–Crippen MR) is 73.5 cm³/mol. The third-order valence-electron chi connectivity index (χ3n) is 2.53. The van der Waals surface area contributed by atoms with E-state index in [2.05, 4.69) is 51.2 Å². The third-order valence-corrected chi connectivity index (χ3v) is 2.53. The van der Waals surface area contributed by atoms with Crippen LogP contribution in [0.3, 0.4) is 0 Å². The molecular weight excluding hydrogens is 210 g/mol. The number of ether oxygens (including phenoxy) is 1. The molecule has 1 N–H and O–H groups in total. The fourth-order valence-corrected chi connectivity index (χ4v) is 1.64. The summed E-state index contributed by atoms with van der Waals surface area (Å²) in [4.78, 5) is 0. The molecule has 0 bridgehead atoms. The zero-order valence-corrected chi connectivity index (χ0v) is 11.5. The predicted octanol–water partition coefficient (Wildman–Crippen LogP) is 3.53. The number of hydrogen-bond acceptors (Lipinski definition) is 2. The Morgan fingerprint density at radius 2 is 2.06 bits per heavy atom. The second-order valence-corrected chi connectivity index (χ2v) is 4.99. The number of nitrogens with one attached hydrogen (secondary N) is 1. The molecule has 96 valence electrons. The number of benzene rings is 1. The van der Waals surface area contributed by atoms with Crippen molar-refractivity contribution in [1.29, 1.82) is 0 Å². The van der Waals surface area contributed by atoms with Crippen LogP contribution in [-0.4, -0.2) is 13.2 Å². The first-order chi connectivity index (χ1) is 8.13. The first-order valence-electron chi connectivity index (χ1n) is 6.56. The summed E-state index contributed by atoms with van der Waals surface area (Å²) in [5.41, 5.74) is 2.55. The van der Waals surface area contributed by atoms with E-state index in [1.807, 2.05) is 0 Å². The van der Waals surface area contributed by atoms with Gasteiger partial charge in [0.2, 0.25) is 0 Å². The molecule has 0 aliphatic heterocycles. The fourth-order valence-electron chi connectivity index (χ4n) is 1.64. The molecule has 1 rings (SSSR count). The van der Waals surface area contributed by atoms with Gasteiger partial charge in [0.15, 0.2) is 0 Å². The SMILES string of the molecule is CCCNCc1cc(C)ccc1OCC(C)C. The van der Waals surface area contributed by atoms with E-state index in [0.29, 0.717) is 5.92 Å². The van der Waals surface area contributed by atoms with Gasteiger partial charge in [-0.05, 0) is 31.9 Å². The number of hydrogen-bond donors (Lipinski definition) is 1. The van der Waals surface area contributed by atoms with Crippen LogP contribution in [-0.2, 0) is 6.54 Å². The molecule has 0 atom stereocenters. The number of aryl methyl sites for hydroxylation is 1. The Balaban J connectivity index is 2.66. The standard InChI is InChI=1S/C15H25NO/c1-5-8-16-10-14-9-13(4)6-7-15(14)17-11-12(2)3/h6-7,9,12,16H,5,8,10-11H2,1-4H3. The Morgan fingerprint density at radius 3 is 2.71 bits per heavy atom. The van der Waals surface area contributed by atoms with Gasteiger partial charge in [-0.2, -0.15) is 0 Å². The lowest BCUT2D eigenvalue weighted by atomic mass is 10.1. The summed E-state index contributed by atoms with van der Waals surface area (Å²) in [5.74, 6) is 1.58. The van der Waals surface area contributed by atoms with Crippen LogP contribution >= 0.6 is 0 Å². The Bertz CT molecular complexity index is 334. The van der Waals surface area contributed by atoms with E-state index in [9.17, 15) is 0 Å². The minimum atomic E-state index is 0.563. The first kappa shape index (κ1) is 14.0. The van der Waals surface area contributed by atoms with Crippen molar-refractivity contribution in [2.75, 3.05) is 13.2 Å². The Hall–Kier alpha value is -1.02. The minimum absolute atomic E-state index is 0.563. The molecule has 2 heteroatoms. The second kappa shape index (κ2) is 7.33. The van der Waals surface area contributed by atoms with Crippen molar-refractivity contribution in [3.8, 4) is 5.75 Å². The lowest BCUT2D eigenvalue weighted by Crippen LogP contribution is -2.15. The molecule has 0 saturated heterocycles. The van der Waals surface area contributed by atoms with Gasteiger partial charge in [-0.15, -0.1) is 0 Å². The molecule has 0 aliphatic carbocycles. The van der Waals surface area contributed by atoms with Gasteiger partial charge in [0.1, 0.15) is 5.75 Å². The van der Waals surface area contributed by atoms with Gasteiger partial charge in [-0.3, -0.25) is 0 Å². The highest BCUT2D eigenvalue weighted by molar-refractivity contribution is 5.36. The summed E-state index contributed by atoms with van der Waals surface area (Å²) in [6.07, 6.45) is 1.16. The molecule has 0 aromatic heterocycles. The van der Waals surface area contributed by atoms with Crippen molar-refractivity contribution >= 4 is 0 Å². The van der Waals surface area contributed by atoms with Crippen LogP contribution in [0.1, 0.15) is 38.3 Å². The van der Waals surface area contributed by atoms with Crippen LogP contribution in [0.15, 0.2) is 18.2 Å². The van der Waals surface area contributed by atoms with Crippen LogP contribution in [0.2, 0.25) is 0 Å². The van der Waals surface area contributed by atoms with Gasteiger partial charge in [0.25, 0.3) is 0 Å². The maximum absolute atomic E-state index is 5.84. The van der Waals surface area contributed by atoms with Gasteiger partial charge >= 0.3 is 0 Å². The van der Waals surface area contributed by atoms with Gasteiger partial charge in [-0.1, -0.05) is 38.5 Å². The third kappa shape index (κ3) is 5.22. The summed E-state index contributed by atoms with van der Waals surface area (Å²) in [5, 5.41) is 3.43. The summed E-state index contributed by atoms with van der Waals surface area (Å²) in [6.45, 7) is 11.4. The molecule has 0 fully saturated rings. The van der Waals surface area contributed by atoms with E-state index in [1.54, 1.807) is 0 Å². The summed E-state index contributed by atoms with van der Waals surface area (Å²) >= 11 is 0. The maximum Gasteiger partial charge on any atom is 0.123 e. The molecule has 0 unspecified atom stereocenters. The zero-order valence-electron chi connectivity index (χ0n) is 11.5. The van der Waals surface area contributed by atoms with Gasteiger partial charge < -0.3 is 10.1 Å². The first-order valence-corrected chi connectivity index (χ1v) is 6.56. The molecule has 0 radical (unpaired) electrons. The fraction of sp³-hybridized carbons (Fsp3) is 0.600. The molecular formula is C15H25NO. The highest BCUT2D eigenvalue weighted by Crippen LogP contribution is 2.20. The van der Waals surface area contributed by atoms with Crippen LogP contribution in [0.4, 0.5) is 0 Å². The van der Waals surface area contributed by atoms with Crippen molar-refractivity contribution in [1.82, 2.24) is 5.32 Å². The highest BCUT2D eigenvalue weighted by atomic mass is 16.5. The Kier molecular flexibility index (Phi) is 6.06. The zero-order chi connectivity index (χ0) is 12.7. The molecule has 0 saturated carbocycles. The van der Waals surface area contributed by atoms with E-state index in [0.717, 1.165) is 31.9 Å². The van der Waals surface area contributed by atoms with E-state index >= 15 is 0 Å². The quantitative estimate of drug-likeness (QED) is 0.730. The smallest absolute Gasteiger partial charge is 0.123 e. The average molecular weight is 235 g/mol. The van der Waals surface area contributed by atoms with E-state index in [-0.39, 0.29) is 0 Å². The molecule has 0 spiro atoms. The molecule has 1 aromatic carbocycles. The molecule has 1 aromatic rings. The molecule has 2 nitrogen and oxygen atoms in total. The van der Waals surface area contributed by atoms with Crippen LogP contribution < -0.4 is 10.1 Å². The molecule has 0 amide bonds. The topological polar surface area (TPSA) is 21.3 Å². The Morgan fingerprint density at radius 1 is 1.29 bits per heavy atom. The normalized spacial score (nSPS) is 10.9. The van der Waals surface area contributed by atoms with Crippen molar-refractivity contribution in [3.05, 3.63) is 29.3 Å². The lowest BCUT2D eigenvalue weighted by Gasteiger charge is -2.14. The van der Waals surface area contributed by atoms with Crippen molar-refractivity contribution in [2.45, 2.75) is 40.7 Å². The van der Waals surface area contributed by atoms with E-state index < -0.39 is 0 Å². The van der Waals surface area contributed by atoms with Crippen LogP contribution in [0, 0.1) is 12.8 Å². The summed E-state index contributed by atoms with van der Waals surface area (Å²) < 4.78 is 5.84. The van der Waals surface area contributed by atoms with Crippen LogP contribution in [0.5, 0.6) is 5.75 Å². The monoisotopic (exact) mass is 235 g/mol.